The van der Waals surface area contributed by atoms with Crippen LogP contribution in [-0.4, -0.2) is 0 Å². The van der Waals surface area contributed by atoms with Gasteiger partial charge in [0.15, 0.2) is 0 Å². The molecule has 0 N–H and O–H groups in total. The summed E-state index contributed by atoms with van der Waals surface area (Å²) >= 11 is 6.07. The lowest BCUT2D eigenvalue weighted by atomic mass is 9.67. The van der Waals surface area contributed by atoms with E-state index in [-0.39, 0.29) is 5.41 Å². The highest BCUT2D eigenvalue weighted by Gasteiger charge is 2.43. The van der Waals surface area contributed by atoms with Gasteiger partial charge in [0, 0.05) is 10.4 Å². The lowest BCUT2D eigenvalue weighted by molar-refractivity contribution is 0.353. The van der Waals surface area contributed by atoms with Crippen LogP contribution in [0.25, 0.3) is 22.3 Å². The van der Waals surface area contributed by atoms with Gasteiger partial charge in [0.2, 0.25) is 0 Å². The van der Waals surface area contributed by atoms with Crippen LogP contribution in [0.4, 0.5) is 0 Å². The Morgan fingerprint density at radius 3 is 2.12 bits per heavy atom. The fraction of sp³-hybridized carbons (Fsp3) is 0.250. The zero-order chi connectivity index (χ0) is 16.9. The van der Waals surface area contributed by atoms with Crippen molar-refractivity contribution in [1.82, 2.24) is 0 Å². The highest BCUT2D eigenvalue weighted by Crippen LogP contribution is 2.56. The molecule has 0 heterocycles. The van der Waals surface area contributed by atoms with Crippen molar-refractivity contribution in [3.63, 3.8) is 0 Å². The lowest BCUT2D eigenvalue weighted by Gasteiger charge is -2.36. The first-order chi connectivity index (χ1) is 12.3. The maximum Gasteiger partial charge on any atom is 0.0406 e. The first-order valence-electron chi connectivity index (χ1n) is 9.28. The van der Waals surface area contributed by atoms with E-state index in [0.29, 0.717) is 0 Å². The number of halogens is 1. The maximum atomic E-state index is 6.07. The van der Waals surface area contributed by atoms with Gasteiger partial charge in [-0.15, -0.1) is 0 Å². The van der Waals surface area contributed by atoms with Crippen LogP contribution in [0, 0.1) is 0 Å². The van der Waals surface area contributed by atoms with E-state index in [1.165, 1.54) is 54.4 Å². The van der Waals surface area contributed by atoms with Gasteiger partial charge < -0.3 is 0 Å². The summed E-state index contributed by atoms with van der Waals surface area (Å²) in [4.78, 5) is 0. The van der Waals surface area contributed by atoms with Crippen LogP contribution in [0.15, 0.2) is 66.7 Å². The number of hydrogen-bond donors (Lipinski definition) is 0. The first kappa shape index (κ1) is 15.2. The molecular weight excluding hydrogens is 324 g/mol. The highest BCUT2D eigenvalue weighted by atomic mass is 35.5. The van der Waals surface area contributed by atoms with Crippen molar-refractivity contribution in [2.75, 3.05) is 0 Å². The van der Waals surface area contributed by atoms with E-state index in [4.69, 9.17) is 11.6 Å². The van der Waals surface area contributed by atoms with Gasteiger partial charge in [0.25, 0.3) is 0 Å². The van der Waals surface area contributed by atoms with Gasteiger partial charge in [-0.2, -0.15) is 0 Å². The van der Waals surface area contributed by atoms with E-state index < -0.39 is 0 Å². The number of rotatable bonds is 1. The molecule has 0 saturated heterocycles. The van der Waals surface area contributed by atoms with Gasteiger partial charge >= 0.3 is 0 Å². The SMILES string of the molecule is Clc1ccc(-c2ccc3c(c2)C2(CCCCC2)c2ccccc2-3)cc1. The largest absolute Gasteiger partial charge is 0.0843 e. The lowest BCUT2D eigenvalue weighted by Crippen LogP contribution is -2.28. The second kappa shape index (κ2) is 5.75. The number of benzene rings is 3. The van der Waals surface area contributed by atoms with Crippen molar-refractivity contribution in [1.29, 1.82) is 0 Å². The second-order valence-electron chi connectivity index (χ2n) is 7.46. The number of fused-ring (bicyclic) bond motifs is 5. The third-order valence-corrected chi connectivity index (χ3v) is 6.40. The van der Waals surface area contributed by atoms with Crippen LogP contribution in [-0.2, 0) is 5.41 Å². The fourth-order valence-electron chi connectivity index (χ4n) is 4.97. The van der Waals surface area contributed by atoms with Crippen LogP contribution in [0.2, 0.25) is 5.02 Å². The van der Waals surface area contributed by atoms with Crippen molar-refractivity contribution >= 4 is 11.6 Å². The molecule has 0 unspecified atom stereocenters. The van der Waals surface area contributed by atoms with Crippen LogP contribution in [0.1, 0.15) is 43.2 Å². The summed E-state index contributed by atoms with van der Waals surface area (Å²) in [5, 5.41) is 0.793. The minimum absolute atomic E-state index is 0.229. The van der Waals surface area contributed by atoms with Crippen LogP contribution < -0.4 is 0 Å². The molecule has 0 bridgehead atoms. The van der Waals surface area contributed by atoms with Crippen molar-refractivity contribution in [2.24, 2.45) is 0 Å². The molecule has 0 atom stereocenters. The van der Waals surface area contributed by atoms with Gasteiger partial charge in [-0.1, -0.05) is 79.4 Å². The molecule has 1 fully saturated rings. The molecule has 25 heavy (non-hydrogen) atoms. The second-order valence-corrected chi connectivity index (χ2v) is 7.89. The molecule has 0 aliphatic heterocycles. The molecule has 0 aromatic heterocycles. The van der Waals surface area contributed by atoms with E-state index in [1.54, 1.807) is 11.1 Å². The summed E-state index contributed by atoms with van der Waals surface area (Å²) in [5.74, 6) is 0. The Bertz CT molecular complexity index is 931. The Morgan fingerprint density at radius 2 is 1.32 bits per heavy atom. The zero-order valence-corrected chi connectivity index (χ0v) is 15.0. The van der Waals surface area contributed by atoms with Gasteiger partial charge in [-0.25, -0.2) is 0 Å². The van der Waals surface area contributed by atoms with Crippen LogP contribution in [0.3, 0.4) is 0 Å². The molecule has 0 amide bonds. The third-order valence-electron chi connectivity index (χ3n) is 6.15. The van der Waals surface area contributed by atoms with Crippen molar-refractivity contribution < 1.29 is 0 Å². The molecule has 0 nitrogen and oxygen atoms in total. The Balaban J connectivity index is 1.71. The van der Waals surface area contributed by atoms with Gasteiger partial charge in [0.1, 0.15) is 0 Å². The fourth-order valence-corrected chi connectivity index (χ4v) is 5.10. The average molecular weight is 345 g/mol. The Morgan fingerprint density at radius 1 is 0.640 bits per heavy atom. The summed E-state index contributed by atoms with van der Waals surface area (Å²) in [6, 6.07) is 24.3. The standard InChI is InChI=1S/C24H21Cl/c25-19-11-8-17(9-12-19)18-10-13-21-20-6-2-3-7-22(20)24(23(21)16-18)14-4-1-5-15-24/h2-3,6-13,16H,1,4-5,14-15H2. The zero-order valence-electron chi connectivity index (χ0n) is 14.3. The minimum Gasteiger partial charge on any atom is -0.0843 e. The maximum absolute atomic E-state index is 6.07. The van der Waals surface area contributed by atoms with Crippen molar-refractivity contribution in [2.45, 2.75) is 37.5 Å². The summed E-state index contributed by atoms with van der Waals surface area (Å²) < 4.78 is 0. The van der Waals surface area contributed by atoms with Gasteiger partial charge in [-0.05, 0) is 64.4 Å². The number of hydrogen-bond acceptors (Lipinski definition) is 0. The Labute approximate surface area is 154 Å². The van der Waals surface area contributed by atoms with Crippen molar-refractivity contribution in [3.8, 4) is 22.3 Å². The normalized spacial score (nSPS) is 17.3. The van der Waals surface area contributed by atoms with E-state index in [0.717, 1.165) is 5.02 Å². The molecule has 5 rings (SSSR count). The summed E-state index contributed by atoms with van der Waals surface area (Å²) in [7, 11) is 0. The molecule has 0 radical (unpaired) electrons. The predicted octanol–water partition coefficient (Wildman–Crippen LogP) is 7.24. The van der Waals surface area contributed by atoms with Gasteiger partial charge in [0.05, 0.1) is 0 Å². The molecule has 2 aliphatic rings. The molecule has 2 aliphatic carbocycles. The van der Waals surface area contributed by atoms with E-state index >= 15 is 0 Å². The summed E-state index contributed by atoms with van der Waals surface area (Å²) in [6.45, 7) is 0. The molecule has 124 valence electrons. The smallest absolute Gasteiger partial charge is 0.0406 e. The van der Waals surface area contributed by atoms with Crippen LogP contribution >= 0.6 is 11.6 Å². The Kier molecular flexibility index (Phi) is 3.50. The van der Waals surface area contributed by atoms with E-state index in [2.05, 4.69) is 54.6 Å². The molecule has 1 heteroatoms. The van der Waals surface area contributed by atoms with E-state index in [1.807, 2.05) is 12.1 Å². The molecular formula is C24H21Cl. The molecule has 1 spiro atoms. The van der Waals surface area contributed by atoms with Crippen LogP contribution in [0.5, 0.6) is 0 Å². The minimum atomic E-state index is 0.229. The van der Waals surface area contributed by atoms with E-state index in [9.17, 15) is 0 Å². The predicted molar refractivity (Wildman–Crippen MR) is 106 cm³/mol. The summed E-state index contributed by atoms with van der Waals surface area (Å²) in [5.41, 5.74) is 8.76. The summed E-state index contributed by atoms with van der Waals surface area (Å²) in [6.07, 6.45) is 6.59. The van der Waals surface area contributed by atoms with Crippen molar-refractivity contribution in [3.05, 3.63) is 82.9 Å². The molecule has 1 saturated carbocycles. The molecule has 3 aromatic carbocycles. The average Bonchev–Trinajstić information content (AvgIpc) is 2.93. The van der Waals surface area contributed by atoms with Gasteiger partial charge in [-0.3, -0.25) is 0 Å². The first-order valence-corrected chi connectivity index (χ1v) is 9.66. The Hall–Kier alpha value is -2.05. The molecule has 3 aromatic rings. The third kappa shape index (κ3) is 2.28. The monoisotopic (exact) mass is 344 g/mol. The highest BCUT2D eigenvalue weighted by molar-refractivity contribution is 6.30. The quantitative estimate of drug-likeness (QED) is 0.436. The topological polar surface area (TPSA) is 0 Å².